The van der Waals surface area contributed by atoms with Gasteiger partial charge < -0.3 is 11.1 Å². The maximum absolute atomic E-state index is 11.9. The zero-order chi connectivity index (χ0) is 14.5. The van der Waals surface area contributed by atoms with Crippen molar-refractivity contribution >= 4 is 29.0 Å². The van der Waals surface area contributed by atoms with Gasteiger partial charge in [0.2, 0.25) is 5.91 Å². The second kappa shape index (κ2) is 6.48. The molecule has 0 radical (unpaired) electrons. The van der Waals surface area contributed by atoms with Crippen LogP contribution in [0, 0.1) is 13.8 Å². The summed E-state index contributed by atoms with van der Waals surface area (Å²) in [7, 11) is 0. The molecule has 20 heavy (non-hydrogen) atoms. The summed E-state index contributed by atoms with van der Waals surface area (Å²) in [5.74, 6) is 0.326. The molecule has 2 aromatic rings. The molecule has 3 nitrogen and oxygen atoms in total. The molecule has 2 aromatic carbocycles. The predicted octanol–water partition coefficient (Wildman–Crippen LogP) is 3.62. The Morgan fingerprint density at radius 3 is 2.70 bits per heavy atom. The zero-order valence-corrected chi connectivity index (χ0v) is 12.5. The van der Waals surface area contributed by atoms with E-state index in [1.165, 1.54) is 11.1 Å². The predicted molar refractivity (Wildman–Crippen MR) is 86.1 cm³/mol. The second-order valence-corrected chi connectivity index (χ2v) is 5.71. The van der Waals surface area contributed by atoms with Gasteiger partial charge in [-0.3, -0.25) is 4.79 Å². The van der Waals surface area contributed by atoms with E-state index < -0.39 is 0 Å². The van der Waals surface area contributed by atoms with Crippen LogP contribution >= 0.6 is 11.8 Å². The highest BCUT2D eigenvalue weighted by atomic mass is 32.2. The number of benzene rings is 2. The van der Waals surface area contributed by atoms with Crippen LogP contribution < -0.4 is 11.1 Å². The van der Waals surface area contributed by atoms with E-state index in [2.05, 4.69) is 30.4 Å². The van der Waals surface area contributed by atoms with Crippen LogP contribution in [-0.4, -0.2) is 11.7 Å². The molecule has 0 heterocycles. The van der Waals surface area contributed by atoms with Gasteiger partial charge in [-0.25, -0.2) is 0 Å². The van der Waals surface area contributed by atoms with E-state index in [1.807, 2.05) is 19.1 Å². The number of hydrogen-bond donors (Lipinski definition) is 2. The number of hydrogen-bond acceptors (Lipinski definition) is 3. The SMILES string of the molecule is Cc1ccc(C)c(SCC(=O)Nc2ccccc2N)c1. The summed E-state index contributed by atoms with van der Waals surface area (Å²) >= 11 is 1.54. The van der Waals surface area contributed by atoms with Crippen molar-refractivity contribution in [2.24, 2.45) is 0 Å². The first-order valence-electron chi connectivity index (χ1n) is 6.40. The Morgan fingerprint density at radius 2 is 1.95 bits per heavy atom. The smallest absolute Gasteiger partial charge is 0.234 e. The molecule has 0 aliphatic carbocycles. The van der Waals surface area contributed by atoms with Crippen LogP contribution in [0.2, 0.25) is 0 Å². The van der Waals surface area contributed by atoms with E-state index in [0.29, 0.717) is 17.1 Å². The van der Waals surface area contributed by atoms with Gasteiger partial charge in [0, 0.05) is 4.90 Å². The van der Waals surface area contributed by atoms with E-state index >= 15 is 0 Å². The van der Waals surface area contributed by atoms with Crippen molar-refractivity contribution in [2.45, 2.75) is 18.7 Å². The van der Waals surface area contributed by atoms with Crippen LogP contribution in [0.1, 0.15) is 11.1 Å². The topological polar surface area (TPSA) is 55.1 Å². The average Bonchev–Trinajstić information content (AvgIpc) is 2.42. The number of rotatable bonds is 4. The van der Waals surface area contributed by atoms with Crippen molar-refractivity contribution in [2.75, 3.05) is 16.8 Å². The van der Waals surface area contributed by atoms with Gasteiger partial charge in [-0.2, -0.15) is 0 Å². The number of nitrogen functional groups attached to an aromatic ring is 1. The van der Waals surface area contributed by atoms with Gasteiger partial charge in [0.25, 0.3) is 0 Å². The Labute approximate surface area is 123 Å². The normalized spacial score (nSPS) is 10.3. The minimum absolute atomic E-state index is 0.0474. The average molecular weight is 286 g/mol. The Bertz CT molecular complexity index is 626. The van der Waals surface area contributed by atoms with Gasteiger partial charge in [0.15, 0.2) is 0 Å². The fourth-order valence-electron chi connectivity index (χ4n) is 1.80. The lowest BCUT2D eigenvalue weighted by Gasteiger charge is -2.09. The van der Waals surface area contributed by atoms with Gasteiger partial charge in [-0.1, -0.05) is 29.8 Å². The Balaban J connectivity index is 1.96. The summed E-state index contributed by atoms with van der Waals surface area (Å²) in [6, 6.07) is 13.5. The zero-order valence-electron chi connectivity index (χ0n) is 11.6. The fourth-order valence-corrected chi connectivity index (χ4v) is 2.73. The molecule has 0 bridgehead atoms. The number of thioether (sulfide) groups is 1. The van der Waals surface area contributed by atoms with Crippen LogP contribution in [0.3, 0.4) is 0 Å². The van der Waals surface area contributed by atoms with Crippen LogP contribution in [0.25, 0.3) is 0 Å². The van der Waals surface area contributed by atoms with Gasteiger partial charge in [-0.05, 0) is 37.6 Å². The summed E-state index contributed by atoms with van der Waals surface area (Å²) in [6.45, 7) is 4.10. The first-order valence-corrected chi connectivity index (χ1v) is 7.39. The highest BCUT2D eigenvalue weighted by Crippen LogP contribution is 2.24. The minimum atomic E-state index is -0.0474. The molecule has 0 saturated heterocycles. The van der Waals surface area contributed by atoms with E-state index in [-0.39, 0.29) is 5.91 Å². The maximum Gasteiger partial charge on any atom is 0.234 e. The van der Waals surface area contributed by atoms with Crippen molar-refractivity contribution < 1.29 is 4.79 Å². The molecule has 3 N–H and O–H groups in total. The van der Waals surface area contributed by atoms with E-state index in [9.17, 15) is 4.79 Å². The standard InChI is InChI=1S/C16H18N2OS/c1-11-7-8-12(2)15(9-11)20-10-16(19)18-14-6-4-3-5-13(14)17/h3-9H,10,17H2,1-2H3,(H,18,19). The third kappa shape index (κ3) is 3.78. The van der Waals surface area contributed by atoms with Crippen LogP contribution in [0.15, 0.2) is 47.4 Å². The number of carbonyl (C=O) groups excluding carboxylic acids is 1. The van der Waals surface area contributed by atoms with E-state index in [4.69, 9.17) is 5.73 Å². The number of para-hydroxylation sites is 2. The molecule has 0 aromatic heterocycles. The fraction of sp³-hybridized carbons (Fsp3) is 0.188. The molecule has 104 valence electrons. The number of aryl methyl sites for hydroxylation is 2. The van der Waals surface area contributed by atoms with Crippen LogP contribution in [0.4, 0.5) is 11.4 Å². The minimum Gasteiger partial charge on any atom is -0.397 e. The number of nitrogens with one attached hydrogen (secondary N) is 1. The molecule has 0 saturated carbocycles. The van der Waals surface area contributed by atoms with Crippen molar-refractivity contribution in [1.82, 2.24) is 0 Å². The molecule has 4 heteroatoms. The molecule has 0 unspecified atom stereocenters. The van der Waals surface area contributed by atoms with Gasteiger partial charge in [-0.15, -0.1) is 11.8 Å². The van der Waals surface area contributed by atoms with Crippen molar-refractivity contribution in [1.29, 1.82) is 0 Å². The molecule has 0 atom stereocenters. The quantitative estimate of drug-likeness (QED) is 0.667. The first kappa shape index (κ1) is 14.5. The number of nitrogens with two attached hydrogens (primary N) is 1. The Morgan fingerprint density at radius 1 is 1.20 bits per heavy atom. The largest absolute Gasteiger partial charge is 0.397 e. The summed E-state index contributed by atoms with van der Waals surface area (Å²) in [5.41, 5.74) is 9.43. The van der Waals surface area contributed by atoms with Gasteiger partial charge >= 0.3 is 0 Å². The molecule has 0 aliphatic heterocycles. The number of anilines is 2. The summed E-state index contributed by atoms with van der Waals surface area (Å²) < 4.78 is 0. The second-order valence-electron chi connectivity index (χ2n) is 4.69. The number of amides is 1. The lowest BCUT2D eigenvalue weighted by Crippen LogP contribution is -2.15. The molecule has 0 spiro atoms. The summed E-state index contributed by atoms with van der Waals surface area (Å²) in [6.07, 6.45) is 0. The van der Waals surface area contributed by atoms with Crippen LogP contribution in [0.5, 0.6) is 0 Å². The molecule has 1 amide bonds. The van der Waals surface area contributed by atoms with Crippen molar-refractivity contribution in [3.05, 3.63) is 53.6 Å². The lowest BCUT2D eigenvalue weighted by atomic mass is 10.2. The molecule has 0 fully saturated rings. The molecule has 0 aliphatic rings. The summed E-state index contributed by atoms with van der Waals surface area (Å²) in [5, 5.41) is 2.83. The third-order valence-corrected chi connectivity index (χ3v) is 4.09. The number of carbonyl (C=O) groups is 1. The van der Waals surface area contributed by atoms with E-state index in [1.54, 1.807) is 23.9 Å². The monoisotopic (exact) mass is 286 g/mol. The Kier molecular flexibility index (Phi) is 4.69. The molecule has 2 rings (SSSR count). The first-order chi connectivity index (χ1) is 9.56. The highest BCUT2D eigenvalue weighted by molar-refractivity contribution is 8.00. The van der Waals surface area contributed by atoms with Crippen molar-refractivity contribution in [3.8, 4) is 0 Å². The van der Waals surface area contributed by atoms with Crippen LogP contribution in [-0.2, 0) is 4.79 Å². The van der Waals surface area contributed by atoms with Gasteiger partial charge in [0.1, 0.15) is 0 Å². The van der Waals surface area contributed by atoms with Gasteiger partial charge in [0.05, 0.1) is 17.1 Å². The summed E-state index contributed by atoms with van der Waals surface area (Å²) in [4.78, 5) is 13.1. The highest BCUT2D eigenvalue weighted by Gasteiger charge is 2.07. The maximum atomic E-state index is 11.9. The third-order valence-electron chi connectivity index (χ3n) is 2.94. The molecular formula is C16H18N2OS. The Hall–Kier alpha value is -1.94. The lowest BCUT2D eigenvalue weighted by molar-refractivity contribution is -0.113. The van der Waals surface area contributed by atoms with Crippen molar-refractivity contribution in [3.63, 3.8) is 0 Å². The molecular weight excluding hydrogens is 268 g/mol. The van der Waals surface area contributed by atoms with E-state index in [0.717, 1.165) is 4.90 Å².